The van der Waals surface area contributed by atoms with E-state index in [-0.39, 0.29) is 0 Å². The van der Waals surface area contributed by atoms with E-state index >= 15 is 0 Å². The molecular weight excluding hydrogens is 230 g/mol. The molecule has 108 valence electrons. The van der Waals surface area contributed by atoms with E-state index in [0.29, 0.717) is 0 Å². The minimum Gasteiger partial charge on any atom is -0.198 e. The summed E-state index contributed by atoms with van der Waals surface area (Å²) >= 11 is 0. The third-order valence-electron chi connectivity index (χ3n) is 5.81. The minimum atomic E-state index is 0.775. The minimum absolute atomic E-state index is 0.775. The van der Waals surface area contributed by atoms with E-state index < -0.39 is 0 Å². The molecular formula is C18H31N. The molecule has 0 aliphatic heterocycles. The highest BCUT2D eigenvalue weighted by Gasteiger charge is 2.30. The lowest BCUT2D eigenvalue weighted by molar-refractivity contribution is 0.141. The number of nitrogens with zero attached hydrogens (tertiary/aromatic N) is 1. The normalized spacial score (nSPS) is 35.8. The molecule has 0 heterocycles. The van der Waals surface area contributed by atoms with Crippen LogP contribution in [0.5, 0.6) is 0 Å². The predicted octanol–water partition coefficient (Wildman–Crippen LogP) is 5.70. The zero-order chi connectivity index (χ0) is 13.5. The van der Waals surface area contributed by atoms with Crippen LogP contribution in [-0.4, -0.2) is 0 Å². The summed E-state index contributed by atoms with van der Waals surface area (Å²) in [5.41, 5.74) is 0. The van der Waals surface area contributed by atoms with Crippen molar-refractivity contribution in [3.05, 3.63) is 0 Å². The average molecular weight is 261 g/mol. The van der Waals surface area contributed by atoms with E-state index in [1.807, 2.05) is 0 Å². The van der Waals surface area contributed by atoms with Gasteiger partial charge in [-0.25, -0.2) is 0 Å². The molecule has 2 rings (SSSR count). The van der Waals surface area contributed by atoms with Gasteiger partial charge in [-0.2, -0.15) is 5.26 Å². The molecule has 0 radical (unpaired) electrons. The lowest BCUT2D eigenvalue weighted by atomic mass is 9.68. The molecule has 0 N–H and O–H groups in total. The van der Waals surface area contributed by atoms with Gasteiger partial charge in [0.1, 0.15) is 0 Å². The van der Waals surface area contributed by atoms with E-state index in [9.17, 15) is 0 Å². The van der Waals surface area contributed by atoms with Crippen molar-refractivity contribution < 1.29 is 0 Å². The zero-order valence-electron chi connectivity index (χ0n) is 12.7. The number of hydrogen-bond donors (Lipinski definition) is 0. The quantitative estimate of drug-likeness (QED) is 0.622. The molecule has 0 aromatic rings. The highest BCUT2D eigenvalue weighted by atomic mass is 14.4. The second kappa shape index (κ2) is 7.93. The van der Waals surface area contributed by atoms with Gasteiger partial charge in [-0.3, -0.25) is 0 Å². The molecule has 0 bridgehead atoms. The molecule has 0 aromatic heterocycles. The summed E-state index contributed by atoms with van der Waals surface area (Å²) in [7, 11) is 0. The van der Waals surface area contributed by atoms with E-state index in [1.54, 1.807) is 0 Å². The average Bonchev–Trinajstić information content (AvgIpc) is 2.47. The molecule has 0 amide bonds. The SMILES string of the molecule is CCC[C@H]1CC[C@H]([C@H]2CC[C@H](CCC#N)CC2)CC1. The number of nitriles is 1. The summed E-state index contributed by atoms with van der Waals surface area (Å²) in [5, 5.41) is 8.67. The Bertz CT molecular complexity index is 275. The fourth-order valence-corrected chi connectivity index (χ4v) is 4.57. The fourth-order valence-electron chi connectivity index (χ4n) is 4.57. The Balaban J connectivity index is 1.67. The lowest BCUT2D eigenvalue weighted by Gasteiger charge is -2.37. The van der Waals surface area contributed by atoms with Gasteiger partial charge < -0.3 is 0 Å². The molecule has 0 atom stereocenters. The van der Waals surface area contributed by atoms with Crippen LogP contribution in [0.25, 0.3) is 0 Å². The first-order valence-electron chi connectivity index (χ1n) is 8.70. The number of rotatable bonds is 5. The summed E-state index contributed by atoms with van der Waals surface area (Å²) < 4.78 is 0. The standard InChI is InChI=1S/C18H31N/c1-2-4-15-6-10-17(11-7-15)18-12-8-16(9-13-18)5-3-14-19/h15-18H,2-13H2,1H3/t15-,16-,17-,18-. The monoisotopic (exact) mass is 261 g/mol. The summed E-state index contributed by atoms with van der Waals surface area (Å²) in [5.74, 6) is 3.99. The smallest absolute Gasteiger partial charge is 0.0621 e. The van der Waals surface area contributed by atoms with Gasteiger partial charge in [-0.05, 0) is 55.8 Å². The second-order valence-corrected chi connectivity index (χ2v) is 7.05. The Morgan fingerprint density at radius 1 is 0.789 bits per heavy atom. The molecule has 0 saturated heterocycles. The Hall–Kier alpha value is -0.510. The maximum atomic E-state index is 8.67. The van der Waals surface area contributed by atoms with Crippen molar-refractivity contribution in [1.29, 1.82) is 5.26 Å². The first-order chi connectivity index (χ1) is 9.33. The largest absolute Gasteiger partial charge is 0.198 e. The van der Waals surface area contributed by atoms with Gasteiger partial charge in [-0.15, -0.1) is 0 Å². The summed E-state index contributed by atoms with van der Waals surface area (Å²) in [4.78, 5) is 0. The molecule has 19 heavy (non-hydrogen) atoms. The van der Waals surface area contributed by atoms with Gasteiger partial charge in [0.25, 0.3) is 0 Å². The third-order valence-corrected chi connectivity index (χ3v) is 5.81. The van der Waals surface area contributed by atoms with Crippen LogP contribution in [0.3, 0.4) is 0 Å². The Kier molecular flexibility index (Phi) is 6.21. The van der Waals surface area contributed by atoms with E-state index in [0.717, 1.165) is 36.5 Å². The van der Waals surface area contributed by atoms with Crippen molar-refractivity contribution >= 4 is 0 Å². The van der Waals surface area contributed by atoms with Crippen LogP contribution >= 0.6 is 0 Å². The molecule has 0 unspecified atom stereocenters. The molecule has 2 aliphatic rings. The van der Waals surface area contributed by atoms with E-state index in [4.69, 9.17) is 5.26 Å². The Morgan fingerprint density at radius 3 is 1.68 bits per heavy atom. The van der Waals surface area contributed by atoms with Crippen LogP contribution in [0.15, 0.2) is 0 Å². The van der Waals surface area contributed by atoms with Gasteiger partial charge in [0.05, 0.1) is 6.07 Å². The van der Waals surface area contributed by atoms with Crippen molar-refractivity contribution in [3.63, 3.8) is 0 Å². The molecule has 0 aromatic carbocycles. The Morgan fingerprint density at radius 2 is 1.26 bits per heavy atom. The molecule has 1 heteroatoms. The van der Waals surface area contributed by atoms with Gasteiger partial charge in [0.2, 0.25) is 0 Å². The highest BCUT2D eigenvalue weighted by Crippen LogP contribution is 2.42. The lowest BCUT2D eigenvalue weighted by Crippen LogP contribution is -2.25. The van der Waals surface area contributed by atoms with E-state index in [2.05, 4.69) is 13.0 Å². The van der Waals surface area contributed by atoms with Crippen LogP contribution < -0.4 is 0 Å². The molecule has 2 fully saturated rings. The molecule has 1 nitrogen and oxygen atoms in total. The summed E-state index contributed by atoms with van der Waals surface area (Å²) in [6.07, 6.45) is 16.5. The van der Waals surface area contributed by atoms with Crippen molar-refractivity contribution in [2.75, 3.05) is 0 Å². The van der Waals surface area contributed by atoms with Gasteiger partial charge in [0.15, 0.2) is 0 Å². The molecule has 0 spiro atoms. The van der Waals surface area contributed by atoms with Crippen LogP contribution in [0.1, 0.15) is 84.0 Å². The van der Waals surface area contributed by atoms with Crippen molar-refractivity contribution in [2.24, 2.45) is 23.7 Å². The van der Waals surface area contributed by atoms with Crippen molar-refractivity contribution in [2.45, 2.75) is 84.0 Å². The fraction of sp³-hybridized carbons (Fsp3) is 0.944. The molecule has 2 saturated carbocycles. The third kappa shape index (κ3) is 4.51. The topological polar surface area (TPSA) is 23.8 Å². The van der Waals surface area contributed by atoms with Crippen LogP contribution in [0, 0.1) is 35.0 Å². The predicted molar refractivity (Wildman–Crippen MR) is 80.7 cm³/mol. The number of hydrogen-bond acceptors (Lipinski definition) is 1. The van der Waals surface area contributed by atoms with Gasteiger partial charge in [0, 0.05) is 6.42 Å². The highest BCUT2D eigenvalue weighted by molar-refractivity contribution is 4.83. The maximum Gasteiger partial charge on any atom is 0.0621 e. The zero-order valence-corrected chi connectivity index (χ0v) is 12.7. The first-order valence-corrected chi connectivity index (χ1v) is 8.70. The Labute approximate surface area is 119 Å². The molecule has 2 aliphatic carbocycles. The van der Waals surface area contributed by atoms with Crippen LogP contribution in [0.2, 0.25) is 0 Å². The van der Waals surface area contributed by atoms with Gasteiger partial charge >= 0.3 is 0 Å². The summed E-state index contributed by atoms with van der Waals surface area (Å²) in [6, 6.07) is 2.31. The van der Waals surface area contributed by atoms with Crippen LogP contribution in [-0.2, 0) is 0 Å². The second-order valence-electron chi connectivity index (χ2n) is 7.05. The van der Waals surface area contributed by atoms with Gasteiger partial charge in [-0.1, -0.05) is 45.4 Å². The van der Waals surface area contributed by atoms with Crippen molar-refractivity contribution in [1.82, 2.24) is 0 Å². The first kappa shape index (κ1) is 14.9. The van der Waals surface area contributed by atoms with Crippen LogP contribution in [0.4, 0.5) is 0 Å². The van der Waals surface area contributed by atoms with Crippen molar-refractivity contribution in [3.8, 4) is 6.07 Å². The maximum absolute atomic E-state index is 8.67. The van der Waals surface area contributed by atoms with E-state index in [1.165, 1.54) is 64.2 Å². The summed E-state index contributed by atoms with van der Waals surface area (Å²) in [6.45, 7) is 2.33.